The molecule has 0 saturated carbocycles. The summed E-state index contributed by atoms with van der Waals surface area (Å²) in [6, 6.07) is 4.33. The maximum Gasteiger partial charge on any atom is 0.164 e. The van der Waals surface area contributed by atoms with E-state index in [0.29, 0.717) is 6.04 Å². The molecule has 4 rings (SSSR count). The molecule has 1 aromatic rings. The summed E-state index contributed by atoms with van der Waals surface area (Å²) in [6.07, 6.45) is 2.33. The zero-order chi connectivity index (χ0) is 22.9. The van der Waals surface area contributed by atoms with Crippen LogP contribution in [0, 0.1) is 5.41 Å². The third-order valence-electron chi connectivity index (χ3n) is 6.11. The third kappa shape index (κ3) is 5.11. The number of ether oxygens (including phenoxy) is 4. The van der Waals surface area contributed by atoms with E-state index in [1.807, 2.05) is 32.2 Å². The maximum absolute atomic E-state index is 7.29. The molecule has 2 N–H and O–H groups in total. The minimum atomic E-state index is -0.648. The molecule has 0 radical (unpaired) electrons. The van der Waals surface area contributed by atoms with Crippen molar-refractivity contribution in [3.8, 4) is 0 Å². The van der Waals surface area contributed by atoms with Crippen molar-refractivity contribution in [2.75, 3.05) is 53.2 Å². The fraction of sp³-hybridized carbons (Fsp3) is 0.727. The van der Waals surface area contributed by atoms with Crippen molar-refractivity contribution in [1.29, 1.82) is 5.41 Å². The Morgan fingerprint density at radius 1 is 1.34 bits per heavy atom. The van der Waals surface area contributed by atoms with Crippen molar-refractivity contribution >= 4 is 23.1 Å². The van der Waals surface area contributed by atoms with E-state index in [2.05, 4.69) is 33.9 Å². The molecular weight excluding hydrogens is 430 g/mol. The second-order valence-electron chi connectivity index (χ2n) is 9.24. The fourth-order valence-electron chi connectivity index (χ4n) is 4.82. The summed E-state index contributed by atoms with van der Waals surface area (Å²) in [4.78, 5) is 12.2. The summed E-state index contributed by atoms with van der Waals surface area (Å²) in [5.41, 5.74) is 1.81. The number of hydrogen-bond acceptors (Lipinski definition) is 8. The third-order valence-corrected chi connectivity index (χ3v) is 6.82. The predicted molar refractivity (Wildman–Crippen MR) is 126 cm³/mol. The number of H-pyrrole nitrogens is 1. The molecule has 0 amide bonds. The number of nitrogens with zero attached hydrogens (tertiary/aromatic N) is 3. The Kier molecular flexibility index (Phi) is 7.40. The number of aromatic amines is 1. The molecule has 32 heavy (non-hydrogen) atoms. The molecule has 4 heterocycles. The van der Waals surface area contributed by atoms with E-state index < -0.39 is 5.79 Å². The quantitative estimate of drug-likeness (QED) is 0.469. The second kappa shape index (κ2) is 9.92. The number of fused-ring (bicyclic) bond motifs is 1. The van der Waals surface area contributed by atoms with Gasteiger partial charge < -0.3 is 28.8 Å². The predicted octanol–water partition coefficient (Wildman–Crippen LogP) is 1.95. The number of hydrogen-bond donors (Lipinski definition) is 2. The normalized spacial score (nSPS) is 33.1. The molecule has 3 aliphatic heterocycles. The van der Waals surface area contributed by atoms with Crippen LogP contribution in [0.5, 0.6) is 0 Å². The van der Waals surface area contributed by atoms with Gasteiger partial charge in [-0.05, 0) is 46.3 Å². The lowest BCUT2D eigenvalue weighted by Gasteiger charge is -2.38. The van der Waals surface area contributed by atoms with Gasteiger partial charge in [-0.3, -0.25) is 10.3 Å². The number of aromatic nitrogens is 1. The Labute approximate surface area is 194 Å². The summed E-state index contributed by atoms with van der Waals surface area (Å²) >= 11 is 1.50. The number of thioether (sulfide) groups is 1. The lowest BCUT2D eigenvalue weighted by molar-refractivity contribution is -0.191. The van der Waals surface area contributed by atoms with Crippen LogP contribution in [0.1, 0.15) is 31.3 Å². The molecular formula is C22H35N5O4S. The molecule has 5 atom stereocenters. The standard InChI is InChI=1S/C22H35N5O4S/c1-22(2)30-19-17(11-27-8-9-28-12-14(27)10-26(3)4)29-18(20(19)31-22)15-6-7-16(25-15)21(32-5)24-13-23/h6-7,13-14,17-20,23,25H,8-12H2,1-5H3/b23-13?,24-21+/t14-,17-,18+,19-,20+/m1/s1. The number of nitrogens with one attached hydrogen (secondary N) is 2. The average molecular weight is 466 g/mol. The molecule has 178 valence electrons. The molecule has 0 aliphatic carbocycles. The monoisotopic (exact) mass is 465 g/mol. The largest absolute Gasteiger partial charge is 0.378 e. The maximum atomic E-state index is 7.29. The van der Waals surface area contributed by atoms with Gasteiger partial charge in [-0.2, -0.15) is 0 Å². The van der Waals surface area contributed by atoms with Gasteiger partial charge >= 0.3 is 0 Å². The van der Waals surface area contributed by atoms with Gasteiger partial charge in [0, 0.05) is 31.4 Å². The lowest BCUT2D eigenvalue weighted by Crippen LogP contribution is -2.53. The van der Waals surface area contributed by atoms with Crippen LogP contribution in [0.25, 0.3) is 0 Å². The van der Waals surface area contributed by atoms with E-state index in [9.17, 15) is 0 Å². The van der Waals surface area contributed by atoms with Crippen molar-refractivity contribution in [3.63, 3.8) is 0 Å². The van der Waals surface area contributed by atoms with Crippen molar-refractivity contribution in [1.82, 2.24) is 14.8 Å². The molecule has 0 bridgehead atoms. The van der Waals surface area contributed by atoms with Crippen LogP contribution in [0.2, 0.25) is 0 Å². The first-order chi connectivity index (χ1) is 15.3. The Hall–Kier alpha value is -1.27. The smallest absolute Gasteiger partial charge is 0.164 e. The Morgan fingerprint density at radius 3 is 2.84 bits per heavy atom. The summed E-state index contributed by atoms with van der Waals surface area (Å²) in [5.74, 6) is -0.648. The molecule has 0 unspecified atom stereocenters. The van der Waals surface area contributed by atoms with Crippen molar-refractivity contribution < 1.29 is 18.9 Å². The highest BCUT2D eigenvalue weighted by Gasteiger charge is 2.56. The van der Waals surface area contributed by atoms with Crippen LogP contribution in [0.4, 0.5) is 0 Å². The van der Waals surface area contributed by atoms with Crippen LogP contribution in [0.3, 0.4) is 0 Å². The van der Waals surface area contributed by atoms with Gasteiger partial charge in [0.1, 0.15) is 35.8 Å². The van der Waals surface area contributed by atoms with E-state index in [1.165, 1.54) is 11.8 Å². The van der Waals surface area contributed by atoms with Crippen LogP contribution in [-0.2, 0) is 18.9 Å². The summed E-state index contributed by atoms with van der Waals surface area (Å²) in [7, 11) is 4.18. The second-order valence-corrected chi connectivity index (χ2v) is 10.0. The van der Waals surface area contributed by atoms with Crippen LogP contribution in [-0.4, -0.2) is 110 Å². The van der Waals surface area contributed by atoms with Gasteiger partial charge in [0.25, 0.3) is 0 Å². The first kappa shape index (κ1) is 23.9. The van der Waals surface area contributed by atoms with Crippen LogP contribution in [0.15, 0.2) is 17.1 Å². The van der Waals surface area contributed by atoms with E-state index in [1.54, 1.807) is 0 Å². The highest BCUT2D eigenvalue weighted by Crippen LogP contribution is 2.45. The fourth-order valence-corrected chi connectivity index (χ4v) is 5.32. The SMILES string of the molecule is CS/C(=N/C=N)c1ccc([C@@H]2O[C@H](CN3CCOC[C@H]3CN(C)C)[C@H]3OC(C)(C)O[C@H]32)[nH]1. The van der Waals surface area contributed by atoms with Gasteiger partial charge in [0.2, 0.25) is 0 Å². The number of morpholine rings is 1. The average Bonchev–Trinajstić information content (AvgIpc) is 3.41. The van der Waals surface area contributed by atoms with Gasteiger partial charge in [-0.1, -0.05) is 0 Å². The highest BCUT2D eigenvalue weighted by molar-refractivity contribution is 8.13. The minimum Gasteiger partial charge on any atom is -0.378 e. The van der Waals surface area contributed by atoms with Gasteiger partial charge in [0.15, 0.2) is 5.79 Å². The zero-order valence-electron chi connectivity index (χ0n) is 19.5. The molecule has 0 aromatic carbocycles. The number of aliphatic imine (C=N–C) groups is 1. The summed E-state index contributed by atoms with van der Waals surface area (Å²) in [6.45, 7) is 8.00. The van der Waals surface area contributed by atoms with E-state index in [4.69, 9.17) is 24.4 Å². The first-order valence-electron chi connectivity index (χ1n) is 11.1. The van der Waals surface area contributed by atoms with E-state index in [-0.39, 0.29) is 24.4 Å². The van der Waals surface area contributed by atoms with Crippen LogP contribution < -0.4 is 0 Å². The van der Waals surface area contributed by atoms with Gasteiger partial charge in [-0.25, -0.2) is 4.99 Å². The topological polar surface area (TPSA) is 95.4 Å². The molecule has 1 aromatic heterocycles. The Morgan fingerprint density at radius 2 is 2.12 bits per heavy atom. The Bertz CT molecular complexity index is 829. The van der Waals surface area contributed by atoms with Crippen LogP contribution >= 0.6 is 11.8 Å². The first-order valence-corrected chi connectivity index (χ1v) is 12.3. The van der Waals surface area contributed by atoms with Crippen molar-refractivity contribution in [2.24, 2.45) is 4.99 Å². The zero-order valence-corrected chi connectivity index (χ0v) is 20.4. The van der Waals surface area contributed by atoms with Crippen molar-refractivity contribution in [3.05, 3.63) is 23.5 Å². The molecule has 10 heteroatoms. The van der Waals surface area contributed by atoms with E-state index >= 15 is 0 Å². The van der Waals surface area contributed by atoms with Crippen molar-refractivity contribution in [2.45, 2.75) is 50.1 Å². The number of likely N-dealkylation sites (N-methyl/N-ethyl adjacent to an activating group) is 1. The molecule has 3 fully saturated rings. The number of rotatable bonds is 7. The van der Waals surface area contributed by atoms with E-state index in [0.717, 1.165) is 55.6 Å². The molecule has 3 saturated heterocycles. The molecule has 9 nitrogen and oxygen atoms in total. The summed E-state index contributed by atoms with van der Waals surface area (Å²) < 4.78 is 25.0. The van der Waals surface area contributed by atoms with Gasteiger partial charge in [0.05, 0.1) is 18.9 Å². The summed E-state index contributed by atoms with van der Waals surface area (Å²) in [5, 5.41) is 8.05. The van der Waals surface area contributed by atoms with Gasteiger partial charge in [-0.15, -0.1) is 11.8 Å². The lowest BCUT2D eigenvalue weighted by atomic mass is 10.0. The minimum absolute atomic E-state index is 0.100. The highest BCUT2D eigenvalue weighted by atomic mass is 32.2. The molecule has 0 spiro atoms. The molecule has 3 aliphatic rings. The Balaban J connectivity index is 1.54.